The highest BCUT2D eigenvalue weighted by atomic mass is 79.9. The summed E-state index contributed by atoms with van der Waals surface area (Å²) in [6.07, 6.45) is 2.64. The average molecular weight is 299 g/mol. The molecule has 0 atom stereocenters. The lowest BCUT2D eigenvalue weighted by molar-refractivity contribution is -0.121. The molecular formula is C12H15BrN2O2. The zero-order chi connectivity index (χ0) is 12.4. The molecule has 0 aromatic carbocycles. The largest absolute Gasteiger partial charge is 0.480 e. The monoisotopic (exact) mass is 298 g/mol. The van der Waals surface area contributed by atoms with Gasteiger partial charge < -0.3 is 4.74 Å². The van der Waals surface area contributed by atoms with Crippen molar-refractivity contribution in [2.75, 3.05) is 18.1 Å². The first kappa shape index (κ1) is 12.4. The number of halogens is 1. The number of hydrogen-bond acceptors (Lipinski definition) is 3. The zero-order valence-corrected chi connectivity index (χ0v) is 11.5. The molecule has 1 aliphatic rings. The summed E-state index contributed by atoms with van der Waals surface area (Å²) in [4.78, 5) is 17.8. The van der Waals surface area contributed by atoms with Gasteiger partial charge in [-0.25, -0.2) is 4.98 Å². The van der Waals surface area contributed by atoms with Crippen LogP contribution in [0.2, 0.25) is 0 Å². The number of rotatable bonds is 3. The Balaban J connectivity index is 2.24. The van der Waals surface area contributed by atoms with E-state index in [1.807, 2.05) is 6.07 Å². The van der Waals surface area contributed by atoms with Crippen LogP contribution in [0.3, 0.4) is 0 Å². The fourth-order valence-corrected chi connectivity index (χ4v) is 1.99. The molecule has 2 heterocycles. The lowest BCUT2D eigenvalue weighted by Gasteiger charge is -2.28. The van der Waals surface area contributed by atoms with Crippen LogP contribution in [0.5, 0.6) is 5.75 Å². The van der Waals surface area contributed by atoms with Gasteiger partial charge in [0.25, 0.3) is 5.91 Å². The molecule has 0 bridgehead atoms. The maximum absolute atomic E-state index is 11.8. The smallest absolute Gasteiger partial charge is 0.266 e. The number of aromatic nitrogens is 1. The molecule has 2 rings (SSSR count). The second kappa shape index (κ2) is 5.04. The third-order valence-electron chi connectivity index (χ3n) is 2.64. The van der Waals surface area contributed by atoms with Crippen LogP contribution in [0.25, 0.3) is 0 Å². The van der Waals surface area contributed by atoms with Crippen LogP contribution in [-0.2, 0) is 4.79 Å². The van der Waals surface area contributed by atoms with Gasteiger partial charge in [-0.15, -0.1) is 0 Å². The molecule has 5 heteroatoms. The summed E-state index contributed by atoms with van der Waals surface area (Å²) in [7, 11) is 0. The number of carbonyl (C=O) groups excluding carboxylic acids is 1. The van der Waals surface area contributed by atoms with Crippen molar-refractivity contribution in [1.82, 2.24) is 4.98 Å². The van der Waals surface area contributed by atoms with Crippen molar-refractivity contribution in [1.29, 1.82) is 0 Å². The minimum atomic E-state index is -0.0204. The number of ether oxygens (including phenoxy) is 1. The molecule has 0 N–H and O–H groups in total. The molecule has 1 aromatic rings. The van der Waals surface area contributed by atoms with Gasteiger partial charge >= 0.3 is 0 Å². The average Bonchev–Trinajstić information content (AvgIpc) is 2.27. The van der Waals surface area contributed by atoms with E-state index in [4.69, 9.17) is 4.74 Å². The first-order chi connectivity index (χ1) is 8.08. The number of carbonyl (C=O) groups is 1. The van der Waals surface area contributed by atoms with Crippen LogP contribution in [0.1, 0.15) is 20.3 Å². The molecule has 1 aromatic heterocycles. The molecule has 4 nitrogen and oxygen atoms in total. The SMILES string of the molecule is CC(C)CCN1C(=O)COc2cc(Br)cnc21. The Bertz CT molecular complexity index is 435. The lowest BCUT2D eigenvalue weighted by atomic mass is 10.1. The van der Waals surface area contributed by atoms with Gasteiger partial charge in [0.05, 0.1) is 0 Å². The van der Waals surface area contributed by atoms with E-state index in [0.717, 1.165) is 10.9 Å². The number of hydrogen-bond donors (Lipinski definition) is 0. The van der Waals surface area contributed by atoms with Crippen molar-refractivity contribution in [3.8, 4) is 5.75 Å². The highest BCUT2D eigenvalue weighted by Gasteiger charge is 2.26. The Morgan fingerprint density at radius 2 is 2.35 bits per heavy atom. The molecule has 0 saturated carbocycles. The summed E-state index contributed by atoms with van der Waals surface area (Å²) < 4.78 is 6.23. The molecular weight excluding hydrogens is 284 g/mol. The van der Waals surface area contributed by atoms with Crippen LogP contribution in [0, 0.1) is 5.92 Å². The van der Waals surface area contributed by atoms with Crippen LogP contribution in [-0.4, -0.2) is 24.0 Å². The normalized spacial score (nSPS) is 14.8. The predicted octanol–water partition coefficient (Wildman–Crippen LogP) is 2.62. The summed E-state index contributed by atoms with van der Waals surface area (Å²) in [5.74, 6) is 1.84. The van der Waals surface area contributed by atoms with Crippen LogP contribution >= 0.6 is 15.9 Å². The van der Waals surface area contributed by atoms with Gasteiger partial charge in [-0.2, -0.15) is 0 Å². The molecule has 0 radical (unpaired) electrons. The van der Waals surface area contributed by atoms with Crippen molar-refractivity contribution < 1.29 is 9.53 Å². The number of anilines is 1. The minimum Gasteiger partial charge on any atom is -0.480 e. The first-order valence-electron chi connectivity index (χ1n) is 5.66. The van der Waals surface area contributed by atoms with Crippen molar-refractivity contribution in [2.45, 2.75) is 20.3 Å². The number of amides is 1. The van der Waals surface area contributed by atoms with Gasteiger partial charge in [0.1, 0.15) is 0 Å². The molecule has 1 aliphatic heterocycles. The third-order valence-corrected chi connectivity index (χ3v) is 3.07. The molecule has 1 amide bonds. The van der Waals surface area contributed by atoms with Crippen molar-refractivity contribution in [3.05, 3.63) is 16.7 Å². The quantitative estimate of drug-likeness (QED) is 0.861. The van der Waals surface area contributed by atoms with Gasteiger partial charge in [-0.1, -0.05) is 13.8 Å². The minimum absolute atomic E-state index is 0.0204. The molecule has 0 fully saturated rings. The Kier molecular flexibility index (Phi) is 3.66. The van der Waals surface area contributed by atoms with Gasteiger partial charge in [0.2, 0.25) is 0 Å². The topological polar surface area (TPSA) is 42.4 Å². The van der Waals surface area contributed by atoms with Crippen molar-refractivity contribution in [2.24, 2.45) is 5.92 Å². The van der Waals surface area contributed by atoms with Gasteiger partial charge in [0.15, 0.2) is 18.2 Å². The molecule has 92 valence electrons. The van der Waals surface area contributed by atoms with E-state index < -0.39 is 0 Å². The van der Waals surface area contributed by atoms with Crippen LogP contribution in [0.4, 0.5) is 5.82 Å². The Morgan fingerprint density at radius 3 is 3.06 bits per heavy atom. The van der Waals surface area contributed by atoms with E-state index in [1.165, 1.54) is 0 Å². The number of pyridine rings is 1. The second-order valence-electron chi connectivity index (χ2n) is 4.49. The van der Waals surface area contributed by atoms with E-state index >= 15 is 0 Å². The van der Waals surface area contributed by atoms with Crippen LogP contribution < -0.4 is 9.64 Å². The predicted molar refractivity (Wildman–Crippen MR) is 69.2 cm³/mol. The van der Waals surface area contributed by atoms with Gasteiger partial charge in [-0.3, -0.25) is 9.69 Å². The summed E-state index contributed by atoms with van der Waals surface area (Å²) in [5, 5.41) is 0. The molecule has 0 aliphatic carbocycles. The number of nitrogens with zero attached hydrogens (tertiary/aromatic N) is 2. The molecule has 17 heavy (non-hydrogen) atoms. The van der Waals surface area contributed by atoms with Crippen LogP contribution in [0.15, 0.2) is 16.7 Å². The van der Waals surface area contributed by atoms with Crippen molar-refractivity contribution in [3.63, 3.8) is 0 Å². The third kappa shape index (κ3) is 2.77. The summed E-state index contributed by atoms with van der Waals surface area (Å²) in [6, 6.07) is 1.84. The Morgan fingerprint density at radius 1 is 1.59 bits per heavy atom. The Labute approximate surface area is 109 Å². The Hall–Kier alpha value is -1.10. The lowest BCUT2D eigenvalue weighted by Crippen LogP contribution is -2.40. The van der Waals surface area contributed by atoms with Gasteiger partial charge in [-0.05, 0) is 34.3 Å². The van der Waals surface area contributed by atoms with E-state index in [1.54, 1.807) is 11.1 Å². The first-order valence-corrected chi connectivity index (χ1v) is 6.46. The summed E-state index contributed by atoms with van der Waals surface area (Å²) in [6.45, 7) is 5.08. The summed E-state index contributed by atoms with van der Waals surface area (Å²) >= 11 is 3.34. The fourth-order valence-electron chi connectivity index (χ4n) is 1.68. The van der Waals surface area contributed by atoms with Crippen molar-refractivity contribution >= 4 is 27.7 Å². The second-order valence-corrected chi connectivity index (χ2v) is 5.41. The molecule has 0 spiro atoms. The van der Waals surface area contributed by atoms with E-state index in [2.05, 4.69) is 34.8 Å². The maximum atomic E-state index is 11.8. The van der Waals surface area contributed by atoms with E-state index in [-0.39, 0.29) is 12.5 Å². The highest BCUT2D eigenvalue weighted by Crippen LogP contribution is 2.32. The molecule has 0 unspecified atom stereocenters. The highest BCUT2D eigenvalue weighted by molar-refractivity contribution is 9.10. The zero-order valence-electron chi connectivity index (χ0n) is 9.94. The standard InChI is InChI=1S/C12H15BrN2O2/c1-8(2)3-4-15-11(16)7-17-10-5-9(13)6-14-12(10)15/h5-6,8H,3-4,7H2,1-2H3. The fraction of sp³-hybridized carbons (Fsp3) is 0.500. The number of fused-ring (bicyclic) bond motifs is 1. The van der Waals surface area contributed by atoms with Gasteiger partial charge in [0, 0.05) is 17.2 Å². The van der Waals surface area contributed by atoms with E-state index in [9.17, 15) is 4.79 Å². The molecule has 0 saturated heterocycles. The maximum Gasteiger partial charge on any atom is 0.266 e. The summed E-state index contributed by atoms with van der Waals surface area (Å²) in [5.41, 5.74) is 0. The van der Waals surface area contributed by atoms with E-state index in [0.29, 0.717) is 24.0 Å².